The quantitative estimate of drug-likeness (QED) is 0.379. The third-order valence-corrected chi connectivity index (χ3v) is 6.36. The molecule has 37 heavy (non-hydrogen) atoms. The Kier molecular flexibility index (Phi) is 7.15. The molecule has 1 aliphatic heterocycles. The number of methoxy groups -OCH3 is 1. The monoisotopic (exact) mass is 501 g/mol. The molecule has 12 heteroatoms. The Balaban J connectivity index is 1.13. The molecular weight excluding hydrogens is 474 g/mol. The molecule has 190 valence electrons. The Labute approximate surface area is 213 Å². The van der Waals surface area contributed by atoms with Crippen LogP contribution in [0.15, 0.2) is 66.2 Å². The first kappa shape index (κ1) is 24.1. The molecule has 4 aromatic rings. The molecular formula is C25H27N9O3. The van der Waals surface area contributed by atoms with Crippen molar-refractivity contribution in [2.24, 2.45) is 5.92 Å². The maximum atomic E-state index is 12.8. The van der Waals surface area contributed by atoms with Crippen molar-refractivity contribution >= 4 is 11.7 Å². The van der Waals surface area contributed by atoms with Crippen LogP contribution in [-0.4, -0.2) is 67.2 Å². The molecule has 0 radical (unpaired) electrons. The van der Waals surface area contributed by atoms with Crippen molar-refractivity contribution in [1.29, 1.82) is 0 Å². The van der Waals surface area contributed by atoms with Gasteiger partial charge in [-0.2, -0.15) is 10.2 Å². The number of hydrogen-bond acceptors (Lipinski definition) is 9. The predicted molar refractivity (Wildman–Crippen MR) is 135 cm³/mol. The van der Waals surface area contributed by atoms with Crippen LogP contribution in [0.5, 0.6) is 5.75 Å². The summed E-state index contributed by atoms with van der Waals surface area (Å²) < 4.78 is 8.15. The van der Waals surface area contributed by atoms with Gasteiger partial charge in [0.1, 0.15) is 30.5 Å². The SMILES string of the molecule is COc1ccc(-c2ccc(=O)n(CCNC(=O)C3CCN(c4cc(-n5cncn5)ncn4)CC3)n2)cc1. The van der Waals surface area contributed by atoms with Crippen LogP contribution < -0.4 is 20.5 Å². The zero-order valence-electron chi connectivity index (χ0n) is 20.4. The van der Waals surface area contributed by atoms with Gasteiger partial charge in [0.15, 0.2) is 5.82 Å². The lowest BCUT2D eigenvalue weighted by molar-refractivity contribution is -0.125. The summed E-state index contributed by atoms with van der Waals surface area (Å²) in [5.41, 5.74) is 1.34. The van der Waals surface area contributed by atoms with E-state index in [1.165, 1.54) is 23.4 Å². The maximum absolute atomic E-state index is 12.8. The number of amides is 1. The number of hydrogen-bond donors (Lipinski definition) is 1. The molecule has 1 amide bonds. The summed E-state index contributed by atoms with van der Waals surface area (Å²) in [4.78, 5) is 39.8. The Morgan fingerprint density at radius 1 is 1.05 bits per heavy atom. The molecule has 1 aliphatic rings. The van der Waals surface area contributed by atoms with Crippen LogP contribution in [0.2, 0.25) is 0 Å². The van der Waals surface area contributed by atoms with Crippen molar-refractivity contribution in [2.45, 2.75) is 19.4 Å². The summed E-state index contributed by atoms with van der Waals surface area (Å²) in [6.07, 6.45) is 5.96. The minimum atomic E-state index is -0.213. The van der Waals surface area contributed by atoms with E-state index in [2.05, 4.69) is 35.4 Å². The number of carbonyl (C=O) groups is 1. The van der Waals surface area contributed by atoms with Gasteiger partial charge in [-0.25, -0.2) is 24.3 Å². The summed E-state index contributed by atoms with van der Waals surface area (Å²) in [5.74, 6) is 2.08. The molecule has 1 fully saturated rings. The number of nitrogens with one attached hydrogen (secondary N) is 1. The lowest BCUT2D eigenvalue weighted by atomic mass is 9.96. The topological polar surface area (TPSA) is 133 Å². The van der Waals surface area contributed by atoms with Gasteiger partial charge in [0.25, 0.3) is 5.56 Å². The van der Waals surface area contributed by atoms with Crippen molar-refractivity contribution in [2.75, 3.05) is 31.6 Å². The van der Waals surface area contributed by atoms with E-state index in [1.54, 1.807) is 24.2 Å². The lowest BCUT2D eigenvalue weighted by Crippen LogP contribution is -2.42. The molecule has 1 saturated heterocycles. The number of ether oxygens (including phenoxy) is 1. The molecule has 0 atom stereocenters. The third kappa shape index (κ3) is 5.63. The molecule has 0 bridgehead atoms. The zero-order chi connectivity index (χ0) is 25.6. The number of nitrogens with zero attached hydrogens (tertiary/aromatic N) is 8. The molecule has 1 aromatic carbocycles. The van der Waals surface area contributed by atoms with Crippen molar-refractivity contribution < 1.29 is 9.53 Å². The van der Waals surface area contributed by atoms with Crippen LogP contribution >= 0.6 is 0 Å². The maximum Gasteiger partial charge on any atom is 0.266 e. The molecule has 5 rings (SSSR count). The molecule has 4 heterocycles. The van der Waals surface area contributed by atoms with E-state index in [0.717, 1.165) is 17.1 Å². The van der Waals surface area contributed by atoms with Crippen molar-refractivity contribution in [3.05, 3.63) is 71.8 Å². The van der Waals surface area contributed by atoms with Gasteiger partial charge < -0.3 is 15.0 Å². The Hall–Kier alpha value is -4.61. The van der Waals surface area contributed by atoms with Gasteiger partial charge in [-0.15, -0.1) is 0 Å². The van der Waals surface area contributed by atoms with Gasteiger partial charge in [-0.05, 0) is 43.2 Å². The van der Waals surface area contributed by atoms with Crippen LogP contribution in [0, 0.1) is 5.92 Å². The van der Waals surface area contributed by atoms with Gasteiger partial charge in [0.05, 0.1) is 19.3 Å². The van der Waals surface area contributed by atoms with Crippen LogP contribution in [-0.2, 0) is 11.3 Å². The summed E-state index contributed by atoms with van der Waals surface area (Å²) >= 11 is 0. The highest BCUT2D eigenvalue weighted by molar-refractivity contribution is 5.79. The first-order chi connectivity index (χ1) is 18.1. The van der Waals surface area contributed by atoms with E-state index in [9.17, 15) is 9.59 Å². The zero-order valence-corrected chi connectivity index (χ0v) is 20.4. The summed E-state index contributed by atoms with van der Waals surface area (Å²) in [7, 11) is 1.61. The molecule has 1 N–H and O–H groups in total. The van der Waals surface area contributed by atoms with E-state index in [4.69, 9.17) is 4.74 Å². The van der Waals surface area contributed by atoms with Crippen LogP contribution in [0.3, 0.4) is 0 Å². The molecule has 0 saturated carbocycles. The predicted octanol–water partition coefficient (Wildman–Crippen LogP) is 1.32. The standard InChI is InChI=1S/C25H27N9O3/c1-37-20-4-2-18(3-5-20)21-6-7-24(35)33(31-21)13-10-27-25(36)19-8-11-32(12-9-19)22-14-23(29-16-28-22)34-17-26-15-30-34/h2-7,14-17,19H,8-13H2,1H3,(H,27,36). The van der Waals surface area contributed by atoms with E-state index in [-0.39, 0.29) is 17.4 Å². The fourth-order valence-corrected chi connectivity index (χ4v) is 4.29. The van der Waals surface area contributed by atoms with Gasteiger partial charge in [0.2, 0.25) is 5.91 Å². The molecule has 0 unspecified atom stereocenters. The molecule has 12 nitrogen and oxygen atoms in total. The Bertz CT molecular complexity index is 1400. The molecule has 0 aliphatic carbocycles. The second kappa shape index (κ2) is 11.0. The van der Waals surface area contributed by atoms with Gasteiger partial charge in [-0.1, -0.05) is 0 Å². The molecule has 3 aromatic heterocycles. The van der Waals surface area contributed by atoms with Crippen molar-refractivity contribution in [3.63, 3.8) is 0 Å². The summed E-state index contributed by atoms with van der Waals surface area (Å²) in [5, 5.41) is 11.5. The fourth-order valence-electron chi connectivity index (χ4n) is 4.29. The highest BCUT2D eigenvalue weighted by Gasteiger charge is 2.25. The van der Waals surface area contributed by atoms with Gasteiger partial charge in [0, 0.05) is 43.2 Å². The van der Waals surface area contributed by atoms with E-state index < -0.39 is 0 Å². The van der Waals surface area contributed by atoms with Gasteiger partial charge >= 0.3 is 0 Å². The van der Waals surface area contributed by atoms with Crippen molar-refractivity contribution in [1.82, 2.24) is 39.8 Å². The minimum Gasteiger partial charge on any atom is -0.497 e. The summed E-state index contributed by atoms with van der Waals surface area (Å²) in [6, 6.07) is 12.5. The highest BCUT2D eigenvalue weighted by Crippen LogP contribution is 2.23. The smallest absolute Gasteiger partial charge is 0.266 e. The van der Waals surface area contributed by atoms with Gasteiger partial charge in [-0.3, -0.25) is 9.59 Å². The average molecular weight is 502 g/mol. The normalized spacial score (nSPS) is 13.9. The number of piperidine rings is 1. The Morgan fingerprint density at radius 2 is 1.84 bits per heavy atom. The van der Waals surface area contributed by atoms with E-state index in [0.29, 0.717) is 50.5 Å². The Morgan fingerprint density at radius 3 is 2.57 bits per heavy atom. The minimum absolute atomic E-state index is 0.00926. The third-order valence-electron chi connectivity index (χ3n) is 6.36. The summed E-state index contributed by atoms with van der Waals surface area (Å²) in [6.45, 7) is 2.03. The van der Waals surface area contributed by atoms with E-state index >= 15 is 0 Å². The fraction of sp³-hybridized carbons (Fsp3) is 0.320. The number of carbonyl (C=O) groups excluding carboxylic acids is 1. The lowest BCUT2D eigenvalue weighted by Gasteiger charge is -2.32. The number of anilines is 1. The second-order valence-corrected chi connectivity index (χ2v) is 8.64. The molecule has 0 spiro atoms. The van der Waals surface area contributed by atoms with Crippen LogP contribution in [0.1, 0.15) is 12.8 Å². The number of rotatable bonds is 8. The highest BCUT2D eigenvalue weighted by atomic mass is 16.5. The first-order valence-corrected chi connectivity index (χ1v) is 12.0. The van der Waals surface area contributed by atoms with Crippen molar-refractivity contribution in [3.8, 4) is 22.8 Å². The van der Waals surface area contributed by atoms with Crippen LogP contribution in [0.25, 0.3) is 17.1 Å². The van der Waals surface area contributed by atoms with Crippen LogP contribution in [0.4, 0.5) is 5.82 Å². The second-order valence-electron chi connectivity index (χ2n) is 8.64. The number of aromatic nitrogens is 7. The number of benzene rings is 1. The first-order valence-electron chi connectivity index (χ1n) is 12.0. The average Bonchev–Trinajstić information content (AvgIpc) is 3.50. The van der Waals surface area contributed by atoms with E-state index in [1.807, 2.05) is 30.3 Å². The largest absolute Gasteiger partial charge is 0.497 e.